The summed E-state index contributed by atoms with van der Waals surface area (Å²) in [6.07, 6.45) is 2.18. The van der Waals surface area contributed by atoms with Gasteiger partial charge in [-0.3, -0.25) is 4.79 Å². The number of carbonyl (C=O) groups is 1. The molecule has 0 aliphatic heterocycles. The van der Waals surface area contributed by atoms with Gasteiger partial charge in [-0.2, -0.15) is 0 Å². The number of amides is 1. The maximum atomic E-state index is 13.8. The van der Waals surface area contributed by atoms with Crippen LogP contribution in [0, 0.1) is 11.6 Å². The zero-order valence-corrected chi connectivity index (χ0v) is 14.9. The molecule has 1 amide bonds. The van der Waals surface area contributed by atoms with Gasteiger partial charge in [-0.05, 0) is 48.4 Å². The molecular formula is C20H16ClF2N3O. The van der Waals surface area contributed by atoms with Crippen molar-refractivity contribution in [3.63, 3.8) is 0 Å². The standard InChI is InChI=1S/C20H16ClF2N3O/c21-16-2-1-3-17(23)19(16)20(27)26-15-8-9-18(25-12-15)24-11-10-13-4-6-14(22)7-5-13/h1-9,12H,10-11H2,(H,24,25)(H,26,27). The zero-order chi connectivity index (χ0) is 19.2. The third-order valence-electron chi connectivity index (χ3n) is 3.84. The number of hydrogen-bond acceptors (Lipinski definition) is 3. The number of pyridine rings is 1. The molecular weight excluding hydrogens is 372 g/mol. The number of aromatic nitrogens is 1. The summed E-state index contributed by atoms with van der Waals surface area (Å²) in [7, 11) is 0. The van der Waals surface area contributed by atoms with E-state index in [9.17, 15) is 13.6 Å². The lowest BCUT2D eigenvalue weighted by molar-refractivity contribution is 0.102. The topological polar surface area (TPSA) is 54.0 Å². The van der Waals surface area contributed by atoms with Crippen molar-refractivity contribution in [2.45, 2.75) is 6.42 Å². The van der Waals surface area contributed by atoms with Gasteiger partial charge in [0.05, 0.1) is 22.5 Å². The fourth-order valence-corrected chi connectivity index (χ4v) is 2.72. The summed E-state index contributed by atoms with van der Waals surface area (Å²) in [5.41, 5.74) is 1.22. The van der Waals surface area contributed by atoms with E-state index in [0.29, 0.717) is 24.5 Å². The molecule has 0 aliphatic carbocycles. The van der Waals surface area contributed by atoms with Crippen LogP contribution in [0.4, 0.5) is 20.3 Å². The summed E-state index contributed by atoms with van der Waals surface area (Å²) in [4.78, 5) is 16.4. The Balaban J connectivity index is 1.55. The molecule has 0 saturated carbocycles. The van der Waals surface area contributed by atoms with Gasteiger partial charge in [0.1, 0.15) is 17.5 Å². The normalized spacial score (nSPS) is 10.5. The first-order valence-electron chi connectivity index (χ1n) is 8.22. The smallest absolute Gasteiger partial charge is 0.260 e. The number of anilines is 2. The Morgan fingerprint density at radius 1 is 1.04 bits per heavy atom. The van der Waals surface area contributed by atoms with Gasteiger partial charge in [-0.25, -0.2) is 13.8 Å². The molecule has 2 aromatic carbocycles. The SMILES string of the molecule is O=C(Nc1ccc(NCCc2ccc(F)cc2)nc1)c1c(F)cccc1Cl. The summed E-state index contributed by atoms with van der Waals surface area (Å²) in [5.74, 6) is -0.967. The second-order valence-electron chi connectivity index (χ2n) is 5.79. The third-order valence-corrected chi connectivity index (χ3v) is 4.16. The van der Waals surface area contributed by atoms with Gasteiger partial charge in [-0.15, -0.1) is 0 Å². The Kier molecular flexibility index (Phi) is 5.98. The molecule has 3 aromatic rings. The summed E-state index contributed by atoms with van der Waals surface area (Å²) in [5, 5.41) is 5.75. The van der Waals surface area contributed by atoms with Gasteiger partial charge >= 0.3 is 0 Å². The molecule has 0 saturated heterocycles. The highest BCUT2D eigenvalue weighted by Crippen LogP contribution is 2.20. The van der Waals surface area contributed by atoms with Crippen LogP contribution in [0.25, 0.3) is 0 Å². The van der Waals surface area contributed by atoms with Crippen LogP contribution in [-0.2, 0) is 6.42 Å². The van der Waals surface area contributed by atoms with E-state index in [1.54, 1.807) is 24.3 Å². The van der Waals surface area contributed by atoms with Crippen molar-refractivity contribution in [1.29, 1.82) is 0 Å². The maximum Gasteiger partial charge on any atom is 0.260 e. The van der Waals surface area contributed by atoms with E-state index < -0.39 is 11.7 Å². The molecule has 0 unspecified atom stereocenters. The monoisotopic (exact) mass is 387 g/mol. The van der Waals surface area contributed by atoms with Crippen molar-refractivity contribution in [2.75, 3.05) is 17.2 Å². The van der Waals surface area contributed by atoms with Gasteiger partial charge < -0.3 is 10.6 Å². The Bertz CT molecular complexity index is 911. The first-order valence-corrected chi connectivity index (χ1v) is 8.60. The predicted molar refractivity (Wildman–Crippen MR) is 102 cm³/mol. The Labute approximate surface area is 160 Å². The van der Waals surface area contributed by atoms with Gasteiger partial charge in [0.15, 0.2) is 0 Å². The first-order chi connectivity index (χ1) is 13.0. The minimum Gasteiger partial charge on any atom is -0.370 e. The van der Waals surface area contributed by atoms with E-state index in [0.717, 1.165) is 5.56 Å². The fraction of sp³-hybridized carbons (Fsp3) is 0.100. The molecule has 0 atom stereocenters. The minimum atomic E-state index is -0.688. The Morgan fingerprint density at radius 2 is 1.81 bits per heavy atom. The fourth-order valence-electron chi connectivity index (χ4n) is 2.47. The van der Waals surface area contributed by atoms with Crippen molar-refractivity contribution < 1.29 is 13.6 Å². The van der Waals surface area contributed by atoms with Crippen LogP contribution < -0.4 is 10.6 Å². The highest BCUT2D eigenvalue weighted by atomic mass is 35.5. The van der Waals surface area contributed by atoms with Crippen LogP contribution in [0.3, 0.4) is 0 Å². The lowest BCUT2D eigenvalue weighted by Gasteiger charge is -2.09. The number of hydrogen-bond donors (Lipinski definition) is 2. The molecule has 0 spiro atoms. The quantitative estimate of drug-likeness (QED) is 0.631. The minimum absolute atomic E-state index is 0.0412. The Morgan fingerprint density at radius 3 is 2.48 bits per heavy atom. The van der Waals surface area contributed by atoms with E-state index in [1.165, 1.54) is 36.5 Å². The first kappa shape index (κ1) is 18.8. The molecule has 2 N–H and O–H groups in total. The van der Waals surface area contributed by atoms with Crippen LogP contribution in [0.15, 0.2) is 60.8 Å². The lowest BCUT2D eigenvalue weighted by atomic mass is 10.1. The average Bonchev–Trinajstić information content (AvgIpc) is 2.65. The van der Waals surface area contributed by atoms with Gasteiger partial charge in [0.2, 0.25) is 0 Å². The van der Waals surface area contributed by atoms with E-state index in [2.05, 4.69) is 15.6 Å². The summed E-state index contributed by atoms with van der Waals surface area (Å²) in [6, 6.07) is 13.7. The number of halogens is 3. The van der Waals surface area contributed by atoms with Crippen LogP contribution in [-0.4, -0.2) is 17.4 Å². The summed E-state index contributed by atoms with van der Waals surface area (Å²) in [6.45, 7) is 0.620. The summed E-state index contributed by atoms with van der Waals surface area (Å²) < 4.78 is 26.6. The molecule has 1 heterocycles. The highest BCUT2D eigenvalue weighted by molar-refractivity contribution is 6.34. The second kappa shape index (κ2) is 8.60. The molecule has 138 valence electrons. The molecule has 1 aromatic heterocycles. The molecule has 4 nitrogen and oxygen atoms in total. The number of benzene rings is 2. The van der Waals surface area contributed by atoms with E-state index in [-0.39, 0.29) is 16.4 Å². The van der Waals surface area contributed by atoms with E-state index in [4.69, 9.17) is 11.6 Å². The molecule has 7 heteroatoms. The van der Waals surface area contributed by atoms with Crippen LogP contribution in [0.1, 0.15) is 15.9 Å². The van der Waals surface area contributed by atoms with Crippen molar-refractivity contribution in [2.24, 2.45) is 0 Å². The third kappa shape index (κ3) is 5.01. The molecule has 3 rings (SSSR count). The van der Waals surface area contributed by atoms with Crippen molar-refractivity contribution in [3.8, 4) is 0 Å². The van der Waals surface area contributed by atoms with Crippen LogP contribution in [0.2, 0.25) is 5.02 Å². The predicted octanol–water partition coefficient (Wildman–Crippen LogP) is 4.92. The molecule has 0 bridgehead atoms. The molecule has 0 fully saturated rings. The number of nitrogens with one attached hydrogen (secondary N) is 2. The Hall–Kier alpha value is -2.99. The second-order valence-corrected chi connectivity index (χ2v) is 6.19. The molecule has 0 radical (unpaired) electrons. The van der Waals surface area contributed by atoms with Crippen molar-refractivity contribution in [3.05, 3.63) is 88.6 Å². The van der Waals surface area contributed by atoms with E-state index >= 15 is 0 Å². The lowest BCUT2D eigenvalue weighted by Crippen LogP contribution is -2.14. The summed E-state index contributed by atoms with van der Waals surface area (Å²) >= 11 is 5.88. The van der Waals surface area contributed by atoms with Crippen molar-refractivity contribution in [1.82, 2.24) is 4.98 Å². The number of rotatable bonds is 6. The van der Waals surface area contributed by atoms with Crippen LogP contribution >= 0.6 is 11.6 Å². The van der Waals surface area contributed by atoms with Gasteiger partial charge in [-0.1, -0.05) is 29.8 Å². The van der Waals surface area contributed by atoms with Crippen LogP contribution in [0.5, 0.6) is 0 Å². The van der Waals surface area contributed by atoms with E-state index in [1.807, 2.05) is 0 Å². The maximum absolute atomic E-state index is 13.8. The number of nitrogens with zero attached hydrogens (tertiary/aromatic N) is 1. The largest absolute Gasteiger partial charge is 0.370 e. The number of carbonyl (C=O) groups excluding carboxylic acids is 1. The zero-order valence-electron chi connectivity index (χ0n) is 14.2. The van der Waals surface area contributed by atoms with Gasteiger partial charge in [0.25, 0.3) is 5.91 Å². The molecule has 27 heavy (non-hydrogen) atoms. The van der Waals surface area contributed by atoms with Gasteiger partial charge in [0, 0.05) is 6.54 Å². The molecule has 0 aliphatic rings. The highest BCUT2D eigenvalue weighted by Gasteiger charge is 2.15. The van der Waals surface area contributed by atoms with Crippen molar-refractivity contribution >= 4 is 29.0 Å². The average molecular weight is 388 g/mol.